The van der Waals surface area contributed by atoms with Crippen LogP contribution in [0.4, 0.5) is 0 Å². The van der Waals surface area contributed by atoms with E-state index in [1.807, 2.05) is 0 Å². The van der Waals surface area contributed by atoms with Gasteiger partial charge in [-0.15, -0.1) is 0 Å². The van der Waals surface area contributed by atoms with E-state index in [9.17, 15) is 0 Å². The van der Waals surface area contributed by atoms with Crippen molar-refractivity contribution in [1.82, 2.24) is 0 Å². The summed E-state index contributed by atoms with van der Waals surface area (Å²) in [6.07, 6.45) is 1.98. The van der Waals surface area contributed by atoms with Gasteiger partial charge in [0, 0.05) is 40.0 Å². The molecule has 4 heteroatoms. The zero-order chi connectivity index (χ0) is 16.6. The molecular weight excluding hydrogens is 300 g/mol. The molecule has 0 spiro atoms. The van der Waals surface area contributed by atoms with E-state index in [2.05, 4.69) is 31.2 Å². The number of hydrogen-bond acceptors (Lipinski definition) is 3. The summed E-state index contributed by atoms with van der Waals surface area (Å²) >= 11 is 0. The van der Waals surface area contributed by atoms with E-state index in [0.717, 1.165) is 0 Å². The minimum absolute atomic E-state index is 0. The van der Waals surface area contributed by atoms with Crippen LogP contribution in [-0.4, -0.2) is 33.6 Å². The SMILES string of the molecule is CC(C)O.CC(C)O.CC(C)O.CCC[c-]1cccc1.[Ti]. The second-order valence-electron chi connectivity index (χ2n) is 5.32. The van der Waals surface area contributed by atoms with Gasteiger partial charge < -0.3 is 15.3 Å². The van der Waals surface area contributed by atoms with Gasteiger partial charge in [0.1, 0.15) is 0 Å². The normalized spacial score (nSPS) is 8.81. The number of aliphatic hydroxyl groups excluding tert-OH is 3. The molecule has 1 aromatic carbocycles. The smallest absolute Gasteiger partial charge is 0.0483 e. The van der Waals surface area contributed by atoms with Crippen LogP contribution in [-0.2, 0) is 28.1 Å². The summed E-state index contributed by atoms with van der Waals surface area (Å²) in [6.45, 7) is 12.5. The Kier molecular flexibility index (Phi) is 30.7. The predicted octanol–water partition coefficient (Wildman–Crippen LogP) is 3.52. The fourth-order valence-corrected chi connectivity index (χ4v) is 0.869. The Hall–Kier alpha value is -0.0557. The second-order valence-corrected chi connectivity index (χ2v) is 5.32. The van der Waals surface area contributed by atoms with Gasteiger partial charge in [-0.25, -0.2) is 12.1 Å². The van der Waals surface area contributed by atoms with Crippen molar-refractivity contribution in [3.8, 4) is 0 Å². The molecule has 0 aromatic heterocycles. The molecule has 0 amide bonds. The second kappa shape index (κ2) is 22.2. The Balaban J connectivity index is -0.0000000973. The van der Waals surface area contributed by atoms with Gasteiger partial charge in [0.2, 0.25) is 0 Å². The summed E-state index contributed by atoms with van der Waals surface area (Å²) in [5.74, 6) is 0. The van der Waals surface area contributed by atoms with Crippen molar-refractivity contribution in [2.24, 2.45) is 0 Å². The van der Waals surface area contributed by atoms with Gasteiger partial charge in [0.25, 0.3) is 0 Å². The Morgan fingerprint density at radius 3 is 1.19 bits per heavy atom. The van der Waals surface area contributed by atoms with E-state index in [0.29, 0.717) is 0 Å². The molecule has 0 bridgehead atoms. The molecule has 0 unspecified atom stereocenters. The molecule has 0 saturated heterocycles. The molecule has 0 aliphatic rings. The molecule has 1 rings (SSSR count). The molecule has 21 heavy (non-hydrogen) atoms. The molecular formula is C17H35O3Ti-. The molecule has 126 valence electrons. The van der Waals surface area contributed by atoms with Crippen molar-refractivity contribution in [3.63, 3.8) is 0 Å². The molecule has 0 radical (unpaired) electrons. The minimum Gasteiger partial charge on any atom is -0.394 e. The van der Waals surface area contributed by atoms with E-state index in [-0.39, 0.29) is 40.0 Å². The van der Waals surface area contributed by atoms with Gasteiger partial charge in [-0.05, 0) is 41.5 Å². The number of hydrogen-bond donors (Lipinski definition) is 3. The van der Waals surface area contributed by atoms with Crippen LogP contribution in [0.1, 0.15) is 60.5 Å². The molecule has 0 heterocycles. The Morgan fingerprint density at radius 1 is 0.762 bits per heavy atom. The molecule has 1 aromatic rings. The van der Waals surface area contributed by atoms with Crippen LogP contribution < -0.4 is 0 Å². The van der Waals surface area contributed by atoms with Crippen molar-refractivity contribution in [2.45, 2.75) is 79.6 Å². The van der Waals surface area contributed by atoms with Crippen molar-refractivity contribution >= 4 is 0 Å². The fraction of sp³-hybridized carbons (Fsp3) is 0.706. The van der Waals surface area contributed by atoms with Gasteiger partial charge in [-0.2, -0.15) is 17.7 Å². The average molecular weight is 335 g/mol. The standard InChI is InChI=1S/C8H11.3C3H8O.Ti/c1-2-5-8-6-3-4-7-8;3*1-3(2)4;/h3-4,6-7H,2,5H2,1H3;3*3-4H,1-2H3;/q-1;;;;. The maximum absolute atomic E-state index is 8.06. The summed E-state index contributed by atoms with van der Waals surface area (Å²) in [5, 5.41) is 24.2. The largest absolute Gasteiger partial charge is 0.394 e. The van der Waals surface area contributed by atoms with Gasteiger partial charge in [-0.3, -0.25) is 0 Å². The molecule has 0 fully saturated rings. The first-order chi connectivity index (χ1) is 9.13. The number of aryl methyl sites for hydroxylation is 1. The minimum atomic E-state index is -0.167. The number of rotatable bonds is 2. The van der Waals surface area contributed by atoms with Crippen LogP contribution in [0.5, 0.6) is 0 Å². The zero-order valence-electron chi connectivity index (χ0n) is 14.8. The molecule has 0 atom stereocenters. The Bertz CT molecular complexity index is 222. The first kappa shape index (κ1) is 29.0. The maximum atomic E-state index is 8.06. The summed E-state index contributed by atoms with van der Waals surface area (Å²) in [7, 11) is 0. The summed E-state index contributed by atoms with van der Waals surface area (Å²) < 4.78 is 0. The number of aliphatic hydroxyl groups is 3. The van der Waals surface area contributed by atoms with E-state index >= 15 is 0 Å². The van der Waals surface area contributed by atoms with Crippen LogP contribution in [0.15, 0.2) is 24.3 Å². The maximum Gasteiger partial charge on any atom is 0.0483 e. The summed E-state index contributed by atoms with van der Waals surface area (Å²) in [6, 6.07) is 8.52. The summed E-state index contributed by atoms with van der Waals surface area (Å²) in [5.41, 5.74) is 1.47. The van der Waals surface area contributed by atoms with Gasteiger partial charge in [-0.1, -0.05) is 19.8 Å². The van der Waals surface area contributed by atoms with Crippen LogP contribution in [0.3, 0.4) is 0 Å². The molecule has 0 saturated carbocycles. The van der Waals surface area contributed by atoms with E-state index in [1.165, 1.54) is 18.4 Å². The van der Waals surface area contributed by atoms with Crippen molar-refractivity contribution in [1.29, 1.82) is 0 Å². The van der Waals surface area contributed by atoms with Crippen molar-refractivity contribution < 1.29 is 37.0 Å². The molecule has 3 N–H and O–H groups in total. The zero-order valence-corrected chi connectivity index (χ0v) is 16.4. The third-order valence-electron chi connectivity index (χ3n) is 1.27. The van der Waals surface area contributed by atoms with E-state index in [1.54, 1.807) is 41.5 Å². The van der Waals surface area contributed by atoms with E-state index in [4.69, 9.17) is 15.3 Å². The van der Waals surface area contributed by atoms with Crippen LogP contribution in [0.25, 0.3) is 0 Å². The fourth-order valence-electron chi connectivity index (χ4n) is 0.869. The van der Waals surface area contributed by atoms with Gasteiger partial charge in [0.05, 0.1) is 0 Å². The Morgan fingerprint density at radius 2 is 1.00 bits per heavy atom. The van der Waals surface area contributed by atoms with Gasteiger partial charge in [0.15, 0.2) is 0 Å². The third-order valence-corrected chi connectivity index (χ3v) is 1.27. The quantitative estimate of drug-likeness (QED) is 0.572. The van der Waals surface area contributed by atoms with Crippen LogP contribution >= 0.6 is 0 Å². The topological polar surface area (TPSA) is 60.7 Å². The average Bonchev–Trinajstić information content (AvgIpc) is 2.68. The van der Waals surface area contributed by atoms with Crippen LogP contribution in [0.2, 0.25) is 0 Å². The molecule has 0 aliphatic heterocycles. The molecule has 0 aliphatic carbocycles. The van der Waals surface area contributed by atoms with Crippen molar-refractivity contribution in [3.05, 3.63) is 29.8 Å². The molecule has 3 nitrogen and oxygen atoms in total. The predicted molar refractivity (Wildman–Crippen MR) is 88.1 cm³/mol. The Labute approximate surface area is 146 Å². The van der Waals surface area contributed by atoms with E-state index < -0.39 is 0 Å². The van der Waals surface area contributed by atoms with Crippen LogP contribution in [0, 0.1) is 0 Å². The first-order valence-corrected chi connectivity index (χ1v) is 7.38. The third kappa shape index (κ3) is 64.9. The summed E-state index contributed by atoms with van der Waals surface area (Å²) in [4.78, 5) is 0. The van der Waals surface area contributed by atoms with Crippen molar-refractivity contribution in [2.75, 3.05) is 0 Å². The monoisotopic (exact) mass is 335 g/mol. The van der Waals surface area contributed by atoms with Gasteiger partial charge >= 0.3 is 0 Å². The first-order valence-electron chi connectivity index (χ1n) is 7.38.